The van der Waals surface area contributed by atoms with Crippen LogP contribution < -0.4 is 10.0 Å². The van der Waals surface area contributed by atoms with Crippen LogP contribution in [0.25, 0.3) is 6.08 Å². The predicted molar refractivity (Wildman–Crippen MR) is 103 cm³/mol. The predicted octanol–water partition coefficient (Wildman–Crippen LogP) is 2.15. The van der Waals surface area contributed by atoms with Gasteiger partial charge in [0.15, 0.2) is 6.10 Å². The van der Waals surface area contributed by atoms with Gasteiger partial charge in [-0.05, 0) is 30.7 Å². The normalized spacial score (nSPS) is 12.5. The van der Waals surface area contributed by atoms with Crippen molar-refractivity contribution in [2.24, 2.45) is 0 Å². The van der Waals surface area contributed by atoms with Gasteiger partial charge in [0, 0.05) is 11.1 Å². The molecule has 7 nitrogen and oxygen atoms in total. The summed E-state index contributed by atoms with van der Waals surface area (Å²) in [5.74, 6) is -1.37. The molecular formula is C19H20N2O5S. The first-order valence-electron chi connectivity index (χ1n) is 8.14. The second-order valence-electron chi connectivity index (χ2n) is 5.57. The Bertz CT molecular complexity index is 896. The maximum atomic E-state index is 12.0. The molecule has 0 radical (unpaired) electrons. The zero-order valence-corrected chi connectivity index (χ0v) is 15.5. The van der Waals surface area contributed by atoms with E-state index in [1.54, 1.807) is 54.6 Å². The highest BCUT2D eigenvalue weighted by atomic mass is 32.2. The molecule has 1 atom stereocenters. The van der Waals surface area contributed by atoms with Crippen molar-refractivity contribution in [3.63, 3.8) is 0 Å². The lowest BCUT2D eigenvalue weighted by atomic mass is 10.2. The molecule has 2 N–H and O–H groups in total. The number of carbonyl (C=O) groups is 2. The van der Waals surface area contributed by atoms with Crippen molar-refractivity contribution in [1.29, 1.82) is 0 Å². The first-order chi connectivity index (χ1) is 12.9. The highest BCUT2D eigenvalue weighted by Crippen LogP contribution is 2.07. The highest BCUT2D eigenvalue weighted by molar-refractivity contribution is 7.92. The molecule has 27 heavy (non-hydrogen) atoms. The topological polar surface area (TPSA) is 102 Å². The minimum absolute atomic E-state index is 0.513. The standard InChI is InChI=1S/C19H20N2O5S/c1-15(19(23)21-17-10-6-3-7-11-17)26-18(22)14-20-27(24,25)13-12-16-8-4-2-5-9-16/h2-13,15,20H,14H2,1H3,(H,21,23)/b13-12+/t15-/m0/s1. The third kappa shape index (κ3) is 7.43. The summed E-state index contributed by atoms with van der Waals surface area (Å²) >= 11 is 0. The molecule has 0 heterocycles. The van der Waals surface area contributed by atoms with Crippen LogP contribution >= 0.6 is 0 Å². The number of ether oxygens (including phenoxy) is 1. The smallest absolute Gasteiger partial charge is 0.321 e. The lowest BCUT2D eigenvalue weighted by Gasteiger charge is -2.13. The summed E-state index contributed by atoms with van der Waals surface area (Å²) in [6.07, 6.45) is 0.339. The van der Waals surface area contributed by atoms with Gasteiger partial charge in [0.2, 0.25) is 10.0 Å². The second-order valence-corrected chi connectivity index (χ2v) is 7.22. The van der Waals surface area contributed by atoms with E-state index in [4.69, 9.17) is 4.74 Å². The fourth-order valence-corrected chi connectivity index (χ4v) is 2.75. The van der Waals surface area contributed by atoms with Crippen LogP contribution in [0, 0.1) is 0 Å². The van der Waals surface area contributed by atoms with Crippen LogP contribution in [0.2, 0.25) is 0 Å². The number of amides is 1. The summed E-state index contributed by atoms with van der Waals surface area (Å²) in [5, 5.41) is 3.55. The Labute approximate surface area is 158 Å². The molecule has 2 rings (SSSR count). The van der Waals surface area contributed by atoms with Crippen LogP contribution in [-0.4, -0.2) is 32.9 Å². The number of carbonyl (C=O) groups excluding carboxylic acids is 2. The molecule has 0 bridgehead atoms. The van der Waals surface area contributed by atoms with Crippen LogP contribution in [0.5, 0.6) is 0 Å². The van der Waals surface area contributed by atoms with Crippen LogP contribution in [-0.2, 0) is 24.3 Å². The maximum Gasteiger partial charge on any atom is 0.321 e. The molecule has 2 aromatic carbocycles. The molecule has 0 unspecified atom stereocenters. The van der Waals surface area contributed by atoms with Gasteiger partial charge >= 0.3 is 5.97 Å². The van der Waals surface area contributed by atoms with Crippen molar-refractivity contribution in [2.75, 3.05) is 11.9 Å². The number of para-hydroxylation sites is 1. The van der Waals surface area contributed by atoms with Crippen molar-refractivity contribution in [2.45, 2.75) is 13.0 Å². The van der Waals surface area contributed by atoms with E-state index in [0.717, 1.165) is 5.41 Å². The quantitative estimate of drug-likeness (QED) is 0.675. The number of rotatable bonds is 8. The molecule has 0 saturated heterocycles. The zero-order chi connectivity index (χ0) is 19.7. The molecule has 0 aliphatic heterocycles. The second kappa shape index (κ2) is 9.65. The molecule has 142 valence electrons. The van der Waals surface area contributed by atoms with Crippen molar-refractivity contribution in [3.05, 3.63) is 71.6 Å². The van der Waals surface area contributed by atoms with E-state index in [9.17, 15) is 18.0 Å². The number of sulfonamides is 1. The Balaban J connectivity index is 1.80. The first kappa shape index (κ1) is 20.3. The SMILES string of the molecule is C[C@H](OC(=O)CNS(=O)(=O)/C=C/c1ccccc1)C(=O)Nc1ccccc1. The summed E-state index contributed by atoms with van der Waals surface area (Å²) in [6, 6.07) is 17.6. The Morgan fingerprint density at radius 3 is 2.26 bits per heavy atom. The molecular weight excluding hydrogens is 368 g/mol. The van der Waals surface area contributed by atoms with Crippen molar-refractivity contribution in [3.8, 4) is 0 Å². The van der Waals surface area contributed by atoms with Crippen LogP contribution in [0.15, 0.2) is 66.1 Å². The fourth-order valence-electron chi connectivity index (χ4n) is 2.00. The number of hydrogen-bond donors (Lipinski definition) is 2. The van der Waals surface area contributed by atoms with Crippen molar-refractivity contribution >= 4 is 33.7 Å². The van der Waals surface area contributed by atoms with E-state index in [1.807, 2.05) is 6.07 Å². The Kier molecular flexibility index (Phi) is 7.27. The van der Waals surface area contributed by atoms with Crippen molar-refractivity contribution in [1.82, 2.24) is 4.72 Å². The van der Waals surface area contributed by atoms with Gasteiger partial charge in [0.05, 0.1) is 0 Å². The van der Waals surface area contributed by atoms with E-state index in [0.29, 0.717) is 11.3 Å². The Hall–Kier alpha value is -2.97. The maximum absolute atomic E-state index is 12.0. The molecule has 0 aliphatic carbocycles. The molecule has 0 saturated carbocycles. The summed E-state index contributed by atoms with van der Waals surface area (Å²) < 4.78 is 30.8. The average molecular weight is 388 g/mol. The molecule has 0 fully saturated rings. The number of esters is 1. The molecule has 1 amide bonds. The molecule has 2 aromatic rings. The van der Waals surface area contributed by atoms with Gasteiger partial charge < -0.3 is 10.1 Å². The van der Waals surface area contributed by atoms with Gasteiger partial charge in [-0.2, -0.15) is 0 Å². The third-order valence-electron chi connectivity index (χ3n) is 3.38. The van der Waals surface area contributed by atoms with Gasteiger partial charge in [-0.1, -0.05) is 48.5 Å². The van der Waals surface area contributed by atoms with E-state index < -0.39 is 34.5 Å². The lowest BCUT2D eigenvalue weighted by molar-refractivity contribution is -0.151. The van der Waals surface area contributed by atoms with Crippen molar-refractivity contribution < 1.29 is 22.7 Å². The Morgan fingerprint density at radius 1 is 1.04 bits per heavy atom. The zero-order valence-electron chi connectivity index (χ0n) is 14.7. The van der Waals surface area contributed by atoms with Gasteiger partial charge in [-0.3, -0.25) is 9.59 Å². The van der Waals surface area contributed by atoms with E-state index in [2.05, 4.69) is 10.0 Å². The van der Waals surface area contributed by atoms with Crippen LogP contribution in [0.4, 0.5) is 5.69 Å². The summed E-state index contributed by atoms with van der Waals surface area (Å²) in [6.45, 7) is 0.824. The number of benzene rings is 2. The van der Waals surface area contributed by atoms with Gasteiger partial charge in [-0.25, -0.2) is 13.1 Å². The minimum atomic E-state index is -3.81. The largest absolute Gasteiger partial charge is 0.452 e. The lowest BCUT2D eigenvalue weighted by Crippen LogP contribution is -2.35. The molecule has 0 spiro atoms. The molecule has 0 aliphatic rings. The van der Waals surface area contributed by atoms with Gasteiger partial charge in [0.1, 0.15) is 6.54 Å². The number of anilines is 1. The molecule has 8 heteroatoms. The number of hydrogen-bond acceptors (Lipinski definition) is 5. The Morgan fingerprint density at radius 2 is 1.63 bits per heavy atom. The van der Waals surface area contributed by atoms with E-state index in [1.165, 1.54) is 13.0 Å². The summed E-state index contributed by atoms with van der Waals surface area (Å²) in [7, 11) is -3.81. The third-order valence-corrected chi connectivity index (χ3v) is 4.42. The fraction of sp³-hybridized carbons (Fsp3) is 0.158. The molecule has 0 aromatic heterocycles. The first-order valence-corrected chi connectivity index (χ1v) is 9.68. The van der Waals surface area contributed by atoms with Gasteiger partial charge in [-0.15, -0.1) is 0 Å². The monoisotopic (exact) mass is 388 g/mol. The van der Waals surface area contributed by atoms with E-state index in [-0.39, 0.29) is 0 Å². The van der Waals surface area contributed by atoms with Gasteiger partial charge in [0.25, 0.3) is 5.91 Å². The number of nitrogens with one attached hydrogen (secondary N) is 2. The average Bonchev–Trinajstić information content (AvgIpc) is 2.66. The van der Waals surface area contributed by atoms with Crippen LogP contribution in [0.1, 0.15) is 12.5 Å². The highest BCUT2D eigenvalue weighted by Gasteiger charge is 2.19. The summed E-state index contributed by atoms with van der Waals surface area (Å²) in [5.41, 5.74) is 1.27. The van der Waals surface area contributed by atoms with E-state index >= 15 is 0 Å². The summed E-state index contributed by atoms with van der Waals surface area (Å²) in [4.78, 5) is 23.7. The minimum Gasteiger partial charge on any atom is -0.452 e. The van der Waals surface area contributed by atoms with Crippen LogP contribution in [0.3, 0.4) is 0 Å².